The number of halogens is 2. The van der Waals surface area contributed by atoms with E-state index in [1.54, 1.807) is 6.07 Å². The van der Waals surface area contributed by atoms with Crippen molar-refractivity contribution < 1.29 is 4.39 Å². The third kappa shape index (κ3) is 2.24. The fraction of sp³-hybridized carbons (Fsp3) is 0.500. The predicted molar refractivity (Wildman–Crippen MR) is 78.5 cm³/mol. The lowest BCUT2D eigenvalue weighted by Gasteiger charge is -2.28. The first-order chi connectivity index (χ1) is 9.06. The number of fused-ring (bicyclic) bond motifs is 1. The number of nitrogens with two attached hydrogens (primary N) is 1. The second-order valence-electron chi connectivity index (χ2n) is 5.51. The van der Waals surface area contributed by atoms with Crippen molar-refractivity contribution in [2.45, 2.75) is 38.6 Å². The summed E-state index contributed by atoms with van der Waals surface area (Å²) in [5.41, 5.74) is 7.59. The quantitative estimate of drug-likeness (QED) is 0.850. The Balaban J connectivity index is 2.07. The SMILES string of the molecule is CC1CCC(n2c(N)nc3cc(F)c(Br)cc32)CC1. The number of nitrogens with zero attached hydrogens (tertiary/aromatic N) is 2. The van der Waals surface area contributed by atoms with Crippen LogP contribution in [0, 0.1) is 11.7 Å². The number of aromatic nitrogens is 2. The van der Waals surface area contributed by atoms with Gasteiger partial charge in [0.15, 0.2) is 0 Å². The molecule has 0 aliphatic heterocycles. The largest absolute Gasteiger partial charge is 0.369 e. The molecule has 102 valence electrons. The Morgan fingerprint density at radius 1 is 1.32 bits per heavy atom. The summed E-state index contributed by atoms with van der Waals surface area (Å²) in [4.78, 5) is 4.29. The molecular formula is C14H17BrFN3. The summed E-state index contributed by atoms with van der Waals surface area (Å²) in [7, 11) is 0. The summed E-state index contributed by atoms with van der Waals surface area (Å²) in [5, 5.41) is 0. The van der Waals surface area contributed by atoms with Gasteiger partial charge >= 0.3 is 0 Å². The molecule has 0 spiro atoms. The third-order valence-electron chi connectivity index (χ3n) is 4.11. The second-order valence-corrected chi connectivity index (χ2v) is 6.36. The Labute approximate surface area is 120 Å². The van der Waals surface area contributed by atoms with Crippen molar-refractivity contribution >= 4 is 32.9 Å². The Bertz CT molecular complexity index is 615. The first-order valence-corrected chi connectivity index (χ1v) is 7.48. The van der Waals surface area contributed by atoms with Crippen LogP contribution in [-0.4, -0.2) is 9.55 Å². The monoisotopic (exact) mass is 325 g/mol. The summed E-state index contributed by atoms with van der Waals surface area (Å²) in [5.74, 6) is 0.984. The minimum absolute atomic E-state index is 0.297. The molecule has 0 atom stereocenters. The summed E-state index contributed by atoms with van der Waals surface area (Å²) in [6, 6.07) is 3.61. The topological polar surface area (TPSA) is 43.8 Å². The highest BCUT2D eigenvalue weighted by molar-refractivity contribution is 9.10. The molecule has 1 aliphatic carbocycles. The van der Waals surface area contributed by atoms with Gasteiger partial charge in [-0.15, -0.1) is 0 Å². The molecule has 1 aliphatic rings. The number of imidazole rings is 1. The number of benzene rings is 1. The highest BCUT2D eigenvalue weighted by Crippen LogP contribution is 2.36. The Hall–Kier alpha value is -1.10. The molecule has 0 radical (unpaired) electrons. The molecular weight excluding hydrogens is 309 g/mol. The van der Waals surface area contributed by atoms with Crippen molar-refractivity contribution in [3.63, 3.8) is 0 Å². The van der Waals surface area contributed by atoms with Gasteiger partial charge in [0, 0.05) is 12.1 Å². The van der Waals surface area contributed by atoms with Crippen LogP contribution in [0.5, 0.6) is 0 Å². The first-order valence-electron chi connectivity index (χ1n) is 6.68. The Kier molecular flexibility index (Phi) is 3.25. The molecule has 3 rings (SSSR count). The van der Waals surface area contributed by atoms with E-state index in [0.717, 1.165) is 24.3 Å². The van der Waals surface area contributed by atoms with Gasteiger partial charge in [-0.3, -0.25) is 0 Å². The standard InChI is InChI=1S/C14H17BrFN3/c1-8-2-4-9(5-3-8)19-13-6-10(15)11(16)7-12(13)18-14(19)17/h6-9H,2-5H2,1H3,(H2,17,18). The van der Waals surface area contributed by atoms with Crippen LogP contribution < -0.4 is 5.73 Å². The minimum atomic E-state index is -0.297. The predicted octanol–water partition coefficient (Wildman–Crippen LogP) is 4.27. The summed E-state index contributed by atoms with van der Waals surface area (Å²) < 4.78 is 16.1. The zero-order chi connectivity index (χ0) is 13.6. The second kappa shape index (κ2) is 4.78. The third-order valence-corrected chi connectivity index (χ3v) is 4.72. The molecule has 0 unspecified atom stereocenters. The van der Waals surface area contributed by atoms with Gasteiger partial charge in [0.1, 0.15) is 5.82 Å². The van der Waals surface area contributed by atoms with Crippen LogP contribution in [0.1, 0.15) is 38.6 Å². The maximum absolute atomic E-state index is 13.5. The highest BCUT2D eigenvalue weighted by atomic mass is 79.9. The normalized spacial score (nSPS) is 23.9. The van der Waals surface area contributed by atoms with Crippen molar-refractivity contribution in [2.75, 3.05) is 5.73 Å². The molecule has 0 saturated heterocycles. The Morgan fingerprint density at radius 2 is 2.00 bits per heavy atom. The fourth-order valence-corrected chi connectivity index (χ4v) is 3.32. The van der Waals surface area contributed by atoms with Gasteiger partial charge in [-0.25, -0.2) is 9.37 Å². The van der Waals surface area contributed by atoms with E-state index in [4.69, 9.17) is 5.73 Å². The van der Waals surface area contributed by atoms with Crippen molar-refractivity contribution in [1.82, 2.24) is 9.55 Å². The van der Waals surface area contributed by atoms with E-state index in [0.29, 0.717) is 22.0 Å². The van der Waals surface area contributed by atoms with Gasteiger partial charge in [0.25, 0.3) is 0 Å². The van der Waals surface area contributed by atoms with Crippen molar-refractivity contribution in [3.8, 4) is 0 Å². The average molecular weight is 326 g/mol. The summed E-state index contributed by atoms with van der Waals surface area (Å²) >= 11 is 3.24. The van der Waals surface area contributed by atoms with E-state index in [2.05, 4.69) is 32.4 Å². The van der Waals surface area contributed by atoms with Gasteiger partial charge in [0.05, 0.1) is 15.5 Å². The number of anilines is 1. The smallest absolute Gasteiger partial charge is 0.201 e. The van der Waals surface area contributed by atoms with Gasteiger partial charge in [0.2, 0.25) is 5.95 Å². The molecule has 0 amide bonds. The van der Waals surface area contributed by atoms with Crippen LogP contribution in [-0.2, 0) is 0 Å². The lowest BCUT2D eigenvalue weighted by atomic mass is 9.87. The van der Waals surface area contributed by atoms with Crippen LogP contribution >= 0.6 is 15.9 Å². The lowest BCUT2D eigenvalue weighted by molar-refractivity contribution is 0.296. The van der Waals surface area contributed by atoms with Crippen molar-refractivity contribution in [2.24, 2.45) is 5.92 Å². The van der Waals surface area contributed by atoms with E-state index < -0.39 is 0 Å². The molecule has 19 heavy (non-hydrogen) atoms. The highest BCUT2D eigenvalue weighted by Gasteiger charge is 2.23. The maximum Gasteiger partial charge on any atom is 0.201 e. The van der Waals surface area contributed by atoms with Crippen LogP contribution in [0.15, 0.2) is 16.6 Å². The average Bonchev–Trinajstić information content (AvgIpc) is 2.67. The molecule has 1 aromatic heterocycles. The Morgan fingerprint density at radius 3 is 2.68 bits per heavy atom. The maximum atomic E-state index is 13.5. The number of hydrogen-bond donors (Lipinski definition) is 1. The molecule has 1 aromatic carbocycles. The zero-order valence-electron chi connectivity index (χ0n) is 10.9. The lowest BCUT2D eigenvalue weighted by Crippen LogP contribution is -2.18. The molecule has 1 heterocycles. The van der Waals surface area contributed by atoms with Crippen LogP contribution in [0.2, 0.25) is 0 Å². The van der Waals surface area contributed by atoms with Gasteiger partial charge in [-0.05, 0) is 53.6 Å². The molecule has 1 saturated carbocycles. The van der Waals surface area contributed by atoms with E-state index in [9.17, 15) is 4.39 Å². The van der Waals surface area contributed by atoms with E-state index in [1.165, 1.54) is 18.9 Å². The van der Waals surface area contributed by atoms with Gasteiger partial charge in [-0.2, -0.15) is 0 Å². The van der Waals surface area contributed by atoms with Crippen LogP contribution in [0.4, 0.5) is 10.3 Å². The van der Waals surface area contributed by atoms with Crippen LogP contribution in [0.25, 0.3) is 11.0 Å². The molecule has 5 heteroatoms. The van der Waals surface area contributed by atoms with Crippen molar-refractivity contribution in [1.29, 1.82) is 0 Å². The van der Waals surface area contributed by atoms with Gasteiger partial charge < -0.3 is 10.3 Å². The van der Waals surface area contributed by atoms with E-state index in [1.807, 2.05) is 0 Å². The number of rotatable bonds is 1. The minimum Gasteiger partial charge on any atom is -0.369 e. The summed E-state index contributed by atoms with van der Waals surface area (Å²) in [6.07, 6.45) is 4.66. The van der Waals surface area contributed by atoms with Gasteiger partial charge in [-0.1, -0.05) is 6.92 Å². The number of hydrogen-bond acceptors (Lipinski definition) is 2. The van der Waals surface area contributed by atoms with E-state index >= 15 is 0 Å². The molecule has 1 fully saturated rings. The zero-order valence-corrected chi connectivity index (χ0v) is 12.5. The van der Waals surface area contributed by atoms with Crippen LogP contribution in [0.3, 0.4) is 0 Å². The first kappa shape index (κ1) is 12.9. The molecule has 3 nitrogen and oxygen atoms in total. The fourth-order valence-electron chi connectivity index (χ4n) is 2.99. The molecule has 2 aromatic rings. The molecule has 2 N–H and O–H groups in total. The molecule has 0 bridgehead atoms. The number of nitrogen functional groups attached to an aromatic ring is 1. The van der Waals surface area contributed by atoms with E-state index in [-0.39, 0.29) is 5.82 Å². The summed E-state index contributed by atoms with van der Waals surface area (Å²) in [6.45, 7) is 2.29. The van der Waals surface area contributed by atoms with Crippen molar-refractivity contribution in [3.05, 3.63) is 22.4 Å².